The van der Waals surface area contributed by atoms with E-state index in [1.165, 1.54) is 0 Å². The Morgan fingerprint density at radius 3 is 2.43 bits per heavy atom. The molecule has 1 aromatic rings. The first-order valence-electron chi connectivity index (χ1n) is 6.15. The summed E-state index contributed by atoms with van der Waals surface area (Å²) in [4.78, 5) is 10.5. The molecule has 120 valence electrons. The van der Waals surface area contributed by atoms with E-state index in [0.717, 1.165) is 6.07 Å². The maximum Gasteiger partial charge on any atom is 0.371 e. The zero-order valence-corrected chi connectivity index (χ0v) is 14.3. The minimum atomic E-state index is -3.97. The lowest BCUT2D eigenvalue weighted by atomic mass is 9.86. The summed E-state index contributed by atoms with van der Waals surface area (Å²) in [6, 6.07) is 0.426. The molecule has 21 heavy (non-hydrogen) atoms. The van der Waals surface area contributed by atoms with Gasteiger partial charge < -0.3 is 14.6 Å². The Labute approximate surface area is 131 Å². The number of aliphatic hydroxyl groups excluding tert-OH is 1. The van der Waals surface area contributed by atoms with Crippen molar-refractivity contribution in [3.63, 3.8) is 0 Å². The summed E-state index contributed by atoms with van der Waals surface area (Å²) in [5, 5.41) is 17.9. The molecule has 9 heteroatoms. The first-order valence-corrected chi connectivity index (χ1v) is 8.42. The Morgan fingerprint density at radius 2 is 2.05 bits per heavy atom. The van der Waals surface area contributed by atoms with Gasteiger partial charge in [0.15, 0.2) is 4.67 Å². The van der Waals surface area contributed by atoms with Crippen molar-refractivity contribution in [2.24, 2.45) is 5.41 Å². The Morgan fingerprint density at radius 1 is 1.48 bits per heavy atom. The predicted octanol–water partition coefficient (Wildman–Crippen LogP) is 1.82. The maximum atomic E-state index is 12.3. The number of halogens is 1. The van der Waals surface area contributed by atoms with Crippen LogP contribution in [0, 0.1) is 5.41 Å². The van der Waals surface area contributed by atoms with Gasteiger partial charge in [-0.3, -0.25) is 0 Å². The molecule has 1 aromatic heterocycles. The van der Waals surface area contributed by atoms with E-state index in [2.05, 4.69) is 20.7 Å². The molecule has 0 aliphatic rings. The fourth-order valence-electron chi connectivity index (χ4n) is 1.69. The van der Waals surface area contributed by atoms with Crippen molar-refractivity contribution in [2.45, 2.75) is 38.1 Å². The summed E-state index contributed by atoms with van der Waals surface area (Å²) in [5.74, 6) is -1.84. The number of nitrogens with one attached hydrogen (secondary N) is 1. The molecule has 0 aliphatic carbocycles. The van der Waals surface area contributed by atoms with Crippen molar-refractivity contribution in [2.75, 3.05) is 6.61 Å². The molecule has 1 heterocycles. The van der Waals surface area contributed by atoms with Crippen LogP contribution in [0.25, 0.3) is 0 Å². The summed E-state index contributed by atoms with van der Waals surface area (Å²) >= 11 is 2.90. The van der Waals surface area contributed by atoms with Crippen molar-refractivity contribution in [1.82, 2.24) is 4.72 Å². The van der Waals surface area contributed by atoms with Crippen LogP contribution in [0.2, 0.25) is 0 Å². The third-order valence-corrected chi connectivity index (χ3v) is 5.24. The van der Waals surface area contributed by atoms with Crippen molar-refractivity contribution in [1.29, 1.82) is 0 Å². The van der Waals surface area contributed by atoms with E-state index in [0.29, 0.717) is 0 Å². The molecule has 0 amide bonds. The highest BCUT2D eigenvalue weighted by molar-refractivity contribution is 9.10. The maximum absolute atomic E-state index is 12.3. The normalized spacial score (nSPS) is 14.1. The van der Waals surface area contributed by atoms with Gasteiger partial charge in [0.2, 0.25) is 15.8 Å². The first kappa shape index (κ1) is 18.1. The molecule has 1 atom stereocenters. The lowest BCUT2D eigenvalue weighted by Crippen LogP contribution is -2.44. The Hall–Kier alpha value is -0.900. The van der Waals surface area contributed by atoms with Gasteiger partial charge in [0.1, 0.15) is 4.90 Å². The van der Waals surface area contributed by atoms with E-state index in [-0.39, 0.29) is 22.6 Å². The van der Waals surface area contributed by atoms with E-state index in [4.69, 9.17) is 14.6 Å². The van der Waals surface area contributed by atoms with E-state index in [1.54, 1.807) is 0 Å². The number of rotatable bonds is 6. The fraction of sp³-hybridized carbons (Fsp3) is 0.583. The van der Waals surface area contributed by atoms with Gasteiger partial charge in [0.05, 0.1) is 0 Å². The fourth-order valence-corrected chi connectivity index (χ4v) is 4.11. The first-order chi connectivity index (χ1) is 9.49. The summed E-state index contributed by atoms with van der Waals surface area (Å²) < 4.78 is 31.8. The average Bonchev–Trinajstić information content (AvgIpc) is 2.70. The molecule has 0 bridgehead atoms. The molecular weight excluding hydrogens is 366 g/mol. The van der Waals surface area contributed by atoms with Crippen molar-refractivity contribution in [3.05, 3.63) is 16.5 Å². The Bertz CT molecular complexity index is 616. The molecule has 0 spiro atoms. The molecule has 7 nitrogen and oxygen atoms in total. The molecule has 0 aromatic carbocycles. The standard InChI is InChI=1S/C12H18BrNO6S/c1-12(2,3)9(4-5-15)14-21(18,19)8-6-7(11(16)17)20-10(8)13/h6,9,14-15H,4-5H2,1-3H3,(H,16,17). The van der Waals surface area contributed by atoms with Crippen LogP contribution in [0.15, 0.2) is 20.0 Å². The Balaban J connectivity index is 3.13. The van der Waals surface area contributed by atoms with Crippen LogP contribution in [-0.4, -0.2) is 37.2 Å². The van der Waals surface area contributed by atoms with Gasteiger partial charge in [-0.25, -0.2) is 17.9 Å². The van der Waals surface area contributed by atoms with E-state index < -0.39 is 33.2 Å². The Kier molecular flexibility index (Phi) is 5.59. The number of carboxylic acids is 1. The second-order valence-electron chi connectivity index (χ2n) is 5.61. The van der Waals surface area contributed by atoms with Crippen LogP contribution >= 0.6 is 15.9 Å². The third kappa shape index (κ3) is 4.53. The minimum absolute atomic E-state index is 0.169. The summed E-state index contributed by atoms with van der Waals surface area (Å²) in [6.45, 7) is 5.34. The van der Waals surface area contributed by atoms with E-state index in [1.807, 2.05) is 20.8 Å². The number of hydrogen-bond acceptors (Lipinski definition) is 5. The number of aromatic carboxylic acids is 1. The van der Waals surface area contributed by atoms with Crippen molar-refractivity contribution < 1.29 is 27.8 Å². The number of carbonyl (C=O) groups is 1. The number of aliphatic hydroxyl groups is 1. The molecule has 0 saturated heterocycles. The van der Waals surface area contributed by atoms with Crippen LogP contribution in [0.3, 0.4) is 0 Å². The van der Waals surface area contributed by atoms with Gasteiger partial charge in [-0.15, -0.1) is 0 Å². The van der Waals surface area contributed by atoms with Crippen LogP contribution in [0.4, 0.5) is 0 Å². The highest BCUT2D eigenvalue weighted by Gasteiger charge is 2.32. The monoisotopic (exact) mass is 383 g/mol. The molecule has 0 fully saturated rings. The van der Waals surface area contributed by atoms with Gasteiger partial charge in [0, 0.05) is 18.7 Å². The number of carboxylic acid groups (broad SMARTS) is 1. The molecule has 0 radical (unpaired) electrons. The summed E-state index contributed by atoms with van der Waals surface area (Å²) in [7, 11) is -3.97. The summed E-state index contributed by atoms with van der Waals surface area (Å²) in [5.41, 5.74) is -0.415. The number of sulfonamides is 1. The third-order valence-electron chi connectivity index (χ3n) is 2.92. The van der Waals surface area contributed by atoms with Gasteiger partial charge in [0.25, 0.3) is 0 Å². The second-order valence-corrected chi connectivity index (χ2v) is 8.01. The van der Waals surface area contributed by atoms with Gasteiger partial charge in [-0.05, 0) is 27.8 Å². The largest absolute Gasteiger partial charge is 0.475 e. The zero-order chi connectivity index (χ0) is 16.4. The van der Waals surface area contributed by atoms with Crippen LogP contribution in [0.5, 0.6) is 0 Å². The lowest BCUT2D eigenvalue weighted by Gasteiger charge is -2.30. The highest BCUT2D eigenvalue weighted by Crippen LogP contribution is 2.29. The van der Waals surface area contributed by atoms with Crippen LogP contribution < -0.4 is 4.72 Å². The van der Waals surface area contributed by atoms with E-state index in [9.17, 15) is 13.2 Å². The minimum Gasteiger partial charge on any atom is -0.475 e. The smallest absolute Gasteiger partial charge is 0.371 e. The average molecular weight is 384 g/mol. The molecular formula is C12H18BrNO6S. The zero-order valence-electron chi connectivity index (χ0n) is 11.9. The van der Waals surface area contributed by atoms with Gasteiger partial charge in [-0.1, -0.05) is 20.8 Å². The summed E-state index contributed by atoms with van der Waals surface area (Å²) in [6.07, 6.45) is 0.240. The van der Waals surface area contributed by atoms with Gasteiger partial charge in [-0.2, -0.15) is 0 Å². The van der Waals surface area contributed by atoms with Gasteiger partial charge >= 0.3 is 5.97 Å². The van der Waals surface area contributed by atoms with Crippen LogP contribution in [-0.2, 0) is 10.0 Å². The molecule has 0 aliphatic heterocycles. The SMILES string of the molecule is CC(C)(C)C(CCO)NS(=O)(=O)c1cc(C(=O)O)oc1Br. The highest BCUT2D eigenvalue weighted by atomic mass is 79.9. The molecule has 0 saturated carbocycles. The number of hydrogen-bond donors (Lipinski definition) is 3. The quantitative estimate of drug-likeness (QED) is 0.689. The lowest BCUT2D eigenvalue weighted by molar-refractivity contribution is 0.0661. The predicted molar refractivity (Wildman–Crippen MR) is 78.6 cm³/mol. The topological polar surface area (TPSA) is 117 Å². The number of furan rings is 1. The van der Waals surface area contributed by atoms with Crippen LogP contribution in [0.1, 0.15) is 37.7 Å². The van der Waals surface area contributed by atoms with Crippen molar-refractivity contribution >= 4 is 31.9 Å². The molecule has 1 rings (SSSR count). The molecule has 1 unspecified atom stereocenters. The second kappa shape index (κ2) is 6.47. The molecule has 3 N–H and O–H groups in total. The van der Waals surface area contributed by atoms with Crippen molar-refractivity contribution in [3.8, 4) is 0 Å². The van der Waals surface area contributed by atoms with E-state index >= 15 is 0 Å².